The van der Waals surface area contributed by atoms with E-state index >= 15 is 0 Å². The molecule has 11 heteroatoms. The number of hydrogen-bond acceptors (Lipinski definition) is 9. The first-order valence-electron chi connectivity index (χ1n) is 23.8. The molecule has 350 valence electrons. The zero-order valence-corrected chi connectivity index (χ0v) is 38.9. The highest BCUT2D eigenvalue weighted by molar-refractivity contribution is 6.15. The van der Waals surface area contributed by atoms with Gasteiger partial charge >= 0.3 is 0 Å². The zero-order chi connectivity index (χ0) is 46.6. The molecule has 0 spiro atoms. The standard InChI is InChI=1S/C56H62N2O9/c1-63-31-33-65-28-7-25-56(26-8-29-66-34-32-64-2)50-37-41(39-11-16-45(17-12-39)67-30-6-5-27-57-52(59)21-22-53(60)58-54(61)23-24-55(58)62)14-19-48(50)49-20-15-42(38-51(49)56)40-13-18-47-44(35-40)36-43-9-3-4-10-46(43)47/h3-4,9-20,35,37-38H,5-8,21-34,36H2,1-2H3,(H,57,59). The molecule has 5 aromatic carbocycles. The molecule has 0 atom stereocenters. The van der Waals surface area contributed by atoms with Crippen molar-refractivity contribution in [1.29, 1.82) is 0 Å². The first kappa shape index (κ1) is 47.5. The van der Waals surface area contributed by atoms with Crippen molar-refractivity contribution >= 4 is 23.6 Å². The van der Waals surface area contributed by atoms with Crippen molar-refractivity contribution in [3.63, 3.8) is 0 Å². The summed E-state index contributed by atoms with van der Waals surface area (Å²) in [4.78, 5) is 48.8. The maximum absolute atomic E-state index is 12.3. The number of likely N-dealkylation sites (tertiary alicyclic amines) is 1. The van der Waals surface area contributed by atoms with E-state index in [9.17, 15) is 19.2 Å². The predicted molar refractivity (Wildman–Crippen MR) is 259 cm³/mol. The monoisotopic (exact) mass is 906 g/mol. The average Bonchev–Trinajstić information content (AvgIpc) is 3.99. The molecule has 0 aromatic heterocycles. The van der Waals surface area contributed by atoms with Crippen LogP contribution in [0.15, 0.2) is 103 Å². The van der Waals surface area contributed by atoms with Crippen molar-refractivity contribution < 1.29 is 42.9 Å². The van der Waals surface area contributed by atoms with Crippen molar-refractivity contribution in [1.82, 2.24) is 10.2 Å². The Balaban J connectivity index is 0.964. The molecule has 2 aliphatic carbocycles. The number of unbranched alkanes of at least 4 members (excludes halogenated alkanes) is 1. The number of ether oxygens (including phenoxy) is 5. The van der Waals surface area contributed by atoms with Crippen molar-refractivity contribution in [3.05, 3.63) is 125 Å². The second-order valence-electron chi connectivity index (χ2n) is 17.7. The molecule has 3 aliphatic rings. The second kappa shape index (κ2) is 22.7. The molecule has 8 rings (SSSR count). The summed E-state index contributed by atoms with van der Waals surface area (Å²) in [5, 5.41) is 2.81. The number of benzene rings is 5. The Labute approximate surface area is 394 Å². The van der Waals surface area contributed by atoms with Gasteiger partial charge in [-0.25, -0.2) is 4.90 Å². The van der Waals surface area contributed by atoms with Crippen LogP contribution in [0.5, 0.6) is 5.75 Å². The van der Waals surface area contributed by atoms with Gasteiger partial charge in [0.15, 0.2) is 0 Å². The van der Waals surface area contributed by atoms with Crippen molar-refractivity contribution in [2.45, 2.75) is 76.0 Å². The molecule has 0 unspecified atom stereocenters. The Morgan fingerprint density at radius 3 is 1.78 bits per heavy atom. The van der Waals surface area contributed by atoms with E-state index in [1.807, 2.05) is 12.1 Å². The molecule has 0 bridgehead atoms. The minimum atomic E-state index is -0.615. The minimum absolute atomic E-state index is 0.0458. The number of nitrogens with zero attached hydrogens (tertiary/aromatic N) is 1. The van der Waals surface area contributed by atoms with Gasteiger partial charge in [-0.2, -0.15) is 0 Å². The average molecular weight is 907 g/mol. The largest absolute Gasteiger partial charge is 0.494 e. The molecular formula is C56H62N2O9. The summed E-state index contributed by atoms with van der Waals surface area (Å²) in [6, 6.07) is 38.0. The fourth-order valence-electron chi connectivity index (χ4n) is 9.95. The molecule has 1 N–H and O–H groups in total. The highest BCUT2D eigenvalue weighted by atomic mass is 16.5. The molecule has 1 heterocycles. The number of imide groups is 3. The third-order valence-corrected chi connectivity index (χ3v) is 13.4. The highest BCUT2D eigenvalue weighted by Gasteiger charge is 2.43. The van der Waals surface area contributed by atoms with Crippen LogP contribution in [-0.2, 0) is 50.0 Å². The molecule has 11 nitrogen and oxygen atoms in total. The number of carbonyl (C=O) groups excluding carboxylic acids is 4. The molecule has 1 aliphatic heterocycles. The lowest BCUT2D eigenvalue weighted by Gasteiger charge is -2.33. The second-order valence-corrected chi connectivity index (χ2v) is 17.7. The number of nitrogens with one attached hydrogen (secondary N) is 1. The summed E-state index contributed by atoms with van der Waals surface area (Å²) in [5.41, 5.74) is 15.1. The van der Waals surface area contributed by atoms with E-state index in [0.717, 1.165) is 55.4 Å². The van der Waals surface area contributed by atoms with Crippen LogP contribution >= 0.6 is 0 Å². The number of methoxy groups -OCH3 is 2. The maximum atomic E-state index is 12.3. The van der Waals surface area contributed by atoms with Crippen molar-refractivity contribution in [3.8, 4) is 50.3 Å². The smallest absolute Gasteiger partial charge is 0.236 e. The molecule has 67 heavy (non-hydrogen) atoms. The summed E-state index contributed by atoms with van der Waals surface area (Å²) in [7, 11) is 3.40. The van der Waals surface area contributed by atoms with Crippen LogP contribution in [0.3, 0.4) is 0 Å². The maximum Gasteiger partial charge on any atom is 0.236 e. The Hall–Kier alpha value is -5.98. The highest BCUT2D eigenvalue weighted by Crippen LogP contribution is 2.55. The van der Waals surface area contributed by atoms with Crippen LogP contribution in [0.25, 0.3) is 44.5 Å². The van der Waals surface area contributed by atoms with Gasteiger partial charge in [-0.3, -0.25) is 19.2 Å². The number of hydrogen-bond donors (Lipinski definition) is 1. The van der Waals surface area contributed by atoms with Gasteiger partial charge in [-0.1, -0.05) is 78.9 Å². The molecule has 1 saturated heterocycles. The van der Waals surface area contributed by atoms with Gasteiger partial charge in [0.1, 0.15) is 5.75 Å². The van der Waals surface area contributed by atoms with Crippen LogP contribution in [0.1, 0.15) is 86.5 Å². The van der Waals surface area contributed by atoms with Gasteiger partial charge < -0.3 is 29.0 Å². The van der Waals surface area contributed by atoms with Gasteiger partial charge in [0.25, 0.3) is 0 Å². The molecular weight excluding hydrogens is 845 g/mol. The lowest BCUT2D eigenvalue weighted by molar-refractivity contribution is -0.150. The van der Waals surface area contributed by atoms with Crippen molar-refractivity contribution in [2.75, 3.05) is 67.0 Å². The SMILES string of the molecule is COCCOCCCC1(CCCOCCOC)c2cc(-c3ccc(OCCCCNC(=O)CCC(=O)N4C(=O)CCC4=O)cc3)ccc2-c2ccc(-c3ccc4c(c3)Cc3ccccc3-4)cc21. The summed E-state index contributed by atoms with van der Waals surface area (Å²) < 4.78 is 28.8. The fraction of sp³-hybridized carbons (Fsp3) is 0.393. The Morgan fingerprint density at radius 2 is 1.13 bits per heavy atom. The van der Waals surface area contributed by atoms with Crippen molar-refractivity contribution in [2.24, 2.45) is 0 Å². The number of fused-ring (bicyclic) bond motifs is 6. The van der Waals surface area contributed by atoms with E-state index < -0.39 is 17.7 Å². The first-order valence-corrected chi connectivity index (χ1v) is 23.8. The molecule has 4 amide bonds. The van der Waals surface area contributed by atoms with E-state index in [1.54, 1.807) is 14.2 Å². The fourth-order valence-corrected chi connectivity index (χ4v) is 9.95. The van der Waals surface area contributed by atoms with Crippen LogP contribution in [0.4, 0.5) is 0 Å². The summed E-state index contributed by atoms with van der Waals surface area (Å²) in [6.07, 6.45) is 5.84. The van der Waals surface area contributed by atoms with Crippen LogP contribution < -0.4 is 10.1 Å². The third kappa shape index (κ3) is 11.1. The Morgan fingerprint density at radius 1 is 0.567 bits per heavy atom. The van der Waals surface area contributed by atoms with E-state index in [1.165, 1.54) is 55.6 Å². The quantitative estimate of drug-likeness (QED) is 0.0441. The van der Waals surface area contributed by atoms with Crippen LogP contribution in [-0.4, -0.2) is 95.5 Å². The zero-order valence-electron chi connectivity index (χ0n) is 38.9. The lowest BCUT2D eigenvalue weighted by atomic mass is 9.70. The molecule has 1 fully saturated rings. The summed E-state index contributed by atoms with van der Waals surface area (Å²) in [5.74, 6) is -1.12. The summed E-state index contributed by atoms with van der Waals surface area (Å²) in [6.45, 7) is 4.49. The lowest BCUT2D eigenvalue weighted by Crippen LogP contribution is -2.36. The number of carbonyl (C=O) groups is 4. The number of rotatable bonds is 25. The van der Waals surface area contributed by atoms with E-state index in [-0.39, 0.29) is 37.0 Å². The molecule has 0 radical (unpaired) electrons. The number of amides is 4. The first-order chi connectivity index (χ1) is 32.8. The molecule has 0 saturated carbocycles. The minimum Gasteiger partial charge on any atom is -0.494 e. The Kier molecular flexibility index (Phi) is 16.1. The van der Waals surface area contributed by atoms with E-state index in [2.05, 4.69) is 96.3 Å². The predicted octanol–water partition coefficient (Wildman–Crippen LogP) is 9.48. The normalized spacial score (nSPS) is 14.2. The third-order valence-electron chi connectivity index (χ3n) is 13.4. The van der Waals surface area contributed by atoms with E-state index in [0.29, 0.717) is 64.1 Å². The summed E-state index contributed by atoms with van der Waals surface area (Å²) >= 11 is 0. The van der Waals surface area contributed by atoms with Gasteiger partial charge in [0.2, 0.25) is 23.6 Å². The van der Waals surface area contributed by atoms with Gasteiger partial charge in [0.05, 0.1) is 33.0 Å². The molecule has 5 aromatic rings. The van der Waals surface area contributed by atoms with Gasteiger partial charge in [0, 0.05) is 65.1 Å². The van der Waals surface area contributed by atoms with E-state index in [4.69, 9.17) is 23.7 Å². The van der Waals surface area contributed by atoms with Crippen LogP contribution in [0, 0.1) is 0 Å². The van der Waals surface area contributed by atoms with Gasteiger partial charge in [-0.15, -0.1) is 0 Å². The Bertz CT molecular complexity index is 2520. The van der Waals surface area contributed by atoms with Crippen LogP contribution in [0.2, 0.25) is 0 Å². The van der Waals surface area contributed by atoms with Gasteiger partial charge in [-0.05, 0) is 136 Å². The topological polar surface area (TPSA) is 130 Å².